The molecule has 0 saturated heterocycles. The van der Waals surface area contributed by atoms with Gasteiger partial charge in [-0.25, -0.2) is 4.79 Å². The van der Waals surface area contributed by atoms with E-state index in [1.54, 1.807) is 42.8 Å². The number of aromatic nitrogens is 2. The van der Waals surface area contributed by atoms with Gasteiger partial charge in [-0.05, 0) is 43.9 Å². The molecule has 172 valence electrons. The molecular weight excluding hydrogens is 462 g/mol. The van der Waals surface area contributed by atoms with Crippen LogP contribution in [0.1, 0.15) is 44.6 Å². The van der Waals surface area contributed by atoms with Gasteiger partial charge in [0.2, 0.25) is 5.91 Å². The third kappa shape index (κ3) is 5.83. The van der Waals surface area contributed by atoms with Crippen molar-refractivity contribution in [2.75, 3.05) is 18.2 Å². The van der Waals surface area contributed by atoms with Gasteiger partial charge in [-0.2, -0.15) is 5.10 Å². The molecule has 33 heavy (non-hydrogen) atoms. The van der Waals surface area contributed by atoms with Crippen LogP contribution in [-0.4, -0.2) is 40.3 Å². The molecule has 2 aromatic carbocycles. The van der Waals surface area contributed by atoms with Gasteiger partial charge in [0.25, 0.3) is 0 Å². The van der Waals surface area contributed by atoms with Crippen LogP contribution in [0.25, 0.3) is 0 Å². The quantitative estimate of drug-likeness (QED) is 0.276. The maximum absolute atomic E-state index is 12.8. The number of halogens is 1. The molecule has 3 aromatic rings. The Morgan fingerprint density at radius 2 is 1.88 bits per heavy atom. The summed E-state index contributed by atoms with van der Waals surface area (Å²) in [5.41, 5.74) is 3.22. The minimum absolute atomic E-state index is 0.235. The third-order valence-corrected chi connectivity index (χ3v) is 6.19. The molecule has 0 aliphatic carbocycles. The molecule has 0 atom stereocenters. The second-order valence-electron chi connectivity index (χ2n) is 7.39. The molecule has 0 unspecified atom stereocenters. The van der Waals surface area contributed by atoms with Crippen LogP contribution < -0.4 is 5.32 Å². The van der Waals surface area contributed by atoms with E-state index in [0.29, 0.717) is 39.8 Å². The lowest BCUT2D eigenvalue weighted by atomic mass is 10.1. The summed E-state index contributed by atoms with van der Waals surface area (Å²) >= 11 is 7.69. The maximum atomic E-state index is 12.8. The first-order chi connectivity index (χ1) is 15.7. The van der Waals surface area contributed by atoms with Crippen LogP contribution in [0.5, 0.6) is 0 Å². The van der Waals surface area contributed by atoms with E-state index in [4.69, 9.17) is 16.3 Å². The average molecular weight is 486 g/mol. The standard InChI is InChI=1S/C24H24ClN3O4S/c1-14-23(15(2)28(27-14)12-18-7-5-6-8-19(18)25)24(31)32-13-21(30)17-9-10-22(33-4)20(11-17)26-16(3)29/h5-11H,12-13H2,1-4H3,(H,26,29). The van der Waals surface area contributed by atoms with Crippen LogP contribution in [0.2, 0.25) is 5.02 Å². The molecule has 0 spiro atoms. The number of benzene rings is 2. The van der Waals surface area contributed by atoms with Crippen molar-refractivity contribution in [3.05, 3.63) is 75.6 Å². The Bertz CT molecular complexity index is 1220. The maximum Gasteiger partial charge on any atom is 0.342 e. The van der Waals surface area contributed by atoms with Crippen molar-refractivity contribution in [3.8, 4) is 0 Å². The first kappa shape index (κ1) is 24.5. The third-order valence-electron chi connectivity index (χ3n) is 5.03. The van der Waals surface area contributed by atoms with Crippen molar-refractivity contribution >= 4 is 46.7 Å². The number of esters is 1. The highest BCUT2D eigenvalue weighted by molar-refractivity contribution is 7.98. The van der Waals surface area contributed by atoms with Crippen molar-refractivity contribution < 1.29 is 19.1 Å². The Morgan fingerprint density at radius 3 is 2.55 bits per heavy atom. The lowest BCUT2D eigenvalue weighted by Crippen LogP contribution is -2.16. The number of nitrogens with one attached hydrogen (secondary N) is 1. The van der Waals surface area contributed by atoms with Gasteiger partial charge < -0.3 is 10.1 Å². The predicted molar refractivity (Wildman–Crippen MR) is 129 cm³/mol. The smallest absolute Gasteiger partial charge is 0.342 e. The molecular formula is C24H24ClN3O4S. The van der Waals surface area contributed by atoms with Crippen molar-refractivity contribution in [1.82, 2.24) is 9.78 Å². The van der Waals surface area contributed by atoms with E-state index in [0.717, 1.165) is 10.5 Å². The van der Waals surface area contributed by atoms with Gasteiger partial charge in [0.15, 0.2) is 12.4 Å². The summed E-state index contributed by atoms with van der Waals surface area (Å²) in [5.74, 6) is -1.23. The van der Waals surface area contributed by atoms with Crippen LogP contribution in [0.15, 0.2) is 47.4 Å². The fourth-order valence-corrected chi connectivity index (χ4v) is 4.12. The number of hydrogen-bond acceptors (Lipinski definition) is 6. The number of nitrogens with zero attached hydrogens (tertiary/aromatic N) is 2. The van der Waals surface area contributed by atoms with E-state index < -0.39 is 12.6 Å². The fourth-order valence-electron chi connectivity index (χ4n) is 3.39. The molecule has 0 fully saturated rings. The number of hydrogen-bond donors (Lipinski definition) is 1. The lowest BCUT2D eigenvalue weighted by molar-refractivity contribution is -0.114. The predicted octanol–water partition coefficient (Wildman–Crippen LogP) is 4.92. The van der Waals surface area contributed by atoms with Gasteiger partial charge in [-0.3, -0.25) is 14.3 Å². The number of anilines is 1. The fraction of sp³-hybridized carbons (Fsp3) is 0.250. The number of thioether (sulfide) groups is 1. The Kier molecular flexibility index (Phi) is 7.94. The first-order valence-corrected chi connectivity index (χ1v) is 11.7. The Hall–Kier alpha value is -3.10. The van der Waals surface area contributed by atoms with E-state index in [1.807, 2.05) is 24.5 Å². The second kappa shape index (κ2) is 10.7. The molecule has 3 rings (SSSR count). The molecule has 1 amide bonds. The zero-order valence-corrected chi connectivity index (χ0v) is 20.3. The average Bonchev–Trinajstić information content (AvgIpc) is 3.05. The minimum atomic E-state index is -0.619. The van der Waals surface area contributed by atoms with Gasteiger partial charge in [-0.1, -0.05) is 35.9 Å². The van der Waals surface area contributed by atoms with E-state index in [1.165, 1.54) is 18.7 Å². The highest BCUT2D eigenvalue weighted by Gasteiger charge is 2.22. The summed E-state index contributed by atoms with van der Waals surface area (Å²) in [7, 11) is 0. The van der Waals surface area contributed by atoms with Gasteiger partial charge in [0.1, 0.15) is 5.56 Å². The number of ketones is 1. The molecule has 0 radical (unpaired) electrons. The van der Waals surface area contributed by atoms with Crippen LogP contribution in [0, 0.1) is 13.8 Å². The van der Waals surface area contributed by atoms with Gasteiger partial charge in [0.05, 0.1) is 23.6 Å². The summed E-state index contributed by atoms with van der Waals surface area (Å²) < 4.78 is 7.00. The molecule has 7 nitrogen and oxygen atoms in total. The molecule has 9 heteroatoms. The van der Waals surface area contributed by atoms with Crippen LogP contribution in [0.3, 0.4) is 0 Å². The molecule has 1 heterocycles. The van der Waals surface area contributed by atoms with Gasteiger partial charge >= 0.3 is 5.97 Å². The topological polar surface area (TPSA) is 90.3 Å². The molecule has 1 N–H and O–H groups in total. The van der Waals surface area contributed by atoms with Gasteiger partial charge in [0, 0.05) is 22.4 Å². The zero-order valence-electron chi connectivity index (χ0n) is 18.8. The van der Waals surface area contributed by atoms with Crippen LogP contribution in [-0.2, 0) is 16.1 Å². The lowest BCUT2D eigenvalue weighted by Gasteiger charge is -2.10. The Balaban J connectivity index is 1.72. The van der Waals surface area contributed by atoms with Crippen molar-refractivity contribution in [3.63, 3.8) is 0 Å². The number of rotatable bonds is 8. The number of amides is 1. The van der Waals surface area contributed by atoms with Crippen molar-refractivity contribution in [2.45, 2.75) is 32.2 Å². The molecule has 0 saturated carbocycles. The number of Topliss-reactive ketones (excluding diaryl/α,β-unsaturated/α-hetero) is 1. The molecule has 0 bridgehead atoms. The summed E-state index contributed by atoms with van der Waals surface area (Å²) in [5, 5.41) is 7.77. The first-order valence-electron chi connectivity index (χ1n) is 10.1. The van der Waals surface area contributed by atoms with Crippen molar-refractivity contribution in [1.29, 1.82) is 0 Å². The van der Waals surface area contributed by atoms with Crippen LogP contribution >= 0.6 is 23.4 Å². The number of carbonyl (C=O) groups excluding carboxylic acids is 3. The van der Waals surface area contributed by atoms with Crippen molar-refractivity contribution in [2.24, 2.45) is 0 Å². The number of aryl methyl sites for hydroxylation is 1. The zero-order chi connectivity index (χ0) is 24.1. The number of ether oxygens (including phenoxy) is 1. The van der Waals surface area contributed by atoms with Crippen LogP contribution in [0.4, 0.5) is 5.69 Å². The number of carbonyl (C=O) groups is 3. The summed E-state index contributed by atoms with van der Waals surface area (Å²) in [4.78, 5) is 37.7. The second-order valence-corrected chi connectivity index (χ2v) is 8.65. The highest BCUT2D eigenvalue weighted by Crippen LogP contribution is 2.27. The molecule has 1 aromatic heterocycles. The summed E-state index contributed by atoms with van der Waals surface area (Å²) in [6, 6.07) is 12.4. The molecule has 0 aliphatic rings. The minimum Gasteiger partial charge on any atom is -0.454 e. The normalized spacial score (nSPS) is 10.7. The highest BCUT2D eigenvalue weighted by atomic mass is 35.5. The largest absolute Gasteiger partial charge is 0.454 e. The summed E-state index contributed by atoms with van der Waals surface area (Å²) in [6.45, 7) is 4.88. The Morgan fingerprint density at radius 1 is 1.15 bits per heavy atom. The SMILES string of the molecule is CSc1ccc(C(=O)COC(=O)c2c(C)nn(Cc3ccccc3Cl)c2C)cc1NC(C)=O. The monoisotopic (exact) mass is 485 g/mol. The molecule has 0 aliphatic heterocycles. The van der Waals surface area contributed by atoms with E-state index >= 15 is 0 Å². The van der Waals surface area contributed by atoms with E-state index in [-0.39, 0.29) is 11.7 Å². The van der Waals surface area contributed by atoms with E-state index in [2.05, 4.69) is 10.4 Å². The summed E-state index contributed by atoms with van der Waals surface area (Å²) in [6.07, 6.45) is 1.88. The van der Waals surface area contributed by atoms with E-state index in [9.17, 15) is 14.4 Å². The Labute approximate surface area is 201 Å². The van der Waals surface area contributed by atoms with Gasteiger partial charge in [-0.15, -0.1) is 11.8 Å².